The van der Waals surface area contributed by atoms with Crippen molar-refractivity contribution in [3.05, 3.63) is 24.3 Å². The lowest BCUT2D eigenvalue weighted by atomic mass is 10.3. The predicted molar refractivity (Wildman–Crippen MR) is 71.4 cm³/mol. The first-order valence-electron chi connectivity index (χ1n) is 6.56. The van der Waals surface area contributed by atoms with E-state index in [0.717, 1.165) is 0 Å². The Labute approximate surface area is 121 Å². The highest BCUT2D eigenvalue weighted by Crippen LogP contribution is 2.26. The van der Waals surface area contributed by atoms with Crippen LogP contribution in [0.1, 0.15) is 13.8 Å². The van der Waals surface area contributed by atoms with Gasteiger partial charge in [-0.3, -0.25) is 4.79 Å². The zero-order valence-corrected chi connectivity index (χ0v) is 11.9. The third kappa shape index (κ3) is 5.93. The van der Waals surface area contributed by atoms with Crippen molar-refractivity contribution >= 4 is 5.91 Å². The van der Waals surface area contributed by atoms with Crippen molar-refractivity contribution in [1.82, 2.24) is 4.90 Å². The van der Waals surface area contributed by atoms with Crippen molar-refractivity contribution in [2.45, 2.75) is 20.0 Å². The van der Waals surface area contributed by atoms with Crippen molar-refractivity contribution in [1.29, 1.82) is 0 Å². The number of para-hydroxylation sites is 2. The molecule has 4 nitrogen and oxygen atoms in total. The minimum Gasteiger partial charge on any atom is -0.490 e. The normalized spacial score (nSPS) is 11.1. The van der Waals surface area contributed by atoms with E-state index in [4.69, 9.17) is 9.47 Å². The summed E-state index contributed by atoms with van der Waals surface area (Å²) in [5, 5.41) is 0. The number of hydrogen-bond acceptors (Lipinski definition) is 3. The maximum atomic E-state index is 12.3. The SMILES string of the molecule is CCOc1ccccc1OCC(=O)N(CC)CC(F)(F)F. The standard InChI is InChI=1S/C14H18F3NO3/c1-3-18(10-14(15,16)17)13(19)9-21-12-8-6-5-7-11(12)20-4-2/h5-8H,3-4,9-10H2,1-2H3. The van der Waals surface area contributed by atoms with E-state index in [1.807, 2.05) is 0 Å². The summed E-state index contributed by atoms with van der Waals surface area (Å²) in [5.74, 6) is 0.0589. The Morgan fingerprint density at radius 2 is 1.71 bits per heavy atom. The molecule has 0 bridgehead atoms. The number of ether oxygens (including phenoxy) is 2. The molecule has 1 amide bonds. The molecule has 0 spiro atoms. The van der Waals surface area contributed by atoms with E-state index >= 15 is 0 Å². The van der Waals surface area contributed by atoms with Crippen LogP contribution in [0.3, 0.4) is 0 Å². The second-order valence-electron chi connectivity index (χ2n) is 4.19. The zero-order valence-electron chi connectivity index (χ0n) is 11.9. The summed E-state index contributed by atoms with van der Waals surface area (Å²) in [7, 11) is 0. The summed E-state index contributed by atoms with van der Waals surface area (Å²) in [6.45, 7) is 1.92. The number of amides is 1. The van der Waals surface area contributed by atoms with E-state index in [1.165, 1.54) is 6.92 Å². The van der Waals surface area contributed by atoms with Gasteiger partial charge in [-0.05, 0) is 26.0 Å². The molecule has 21 heavy (non-hydrogen) atoms. The molecular formula is C14H18F3NO3. The highest BCUT2D eigenvalue weighted by molar-refractivity contribution is 5.77. The highest BCUT2D eigenvalue weighted by Gasteiger charge is 2.32. The van der Waals surface area contributed by atoms with Gasteiger partial charge in [-0.15, -0.1) is 0 Å². The van der Waals surface area contributed by atoms with Crippen LogP contribution < -0.4 is 9.47 Å². The van der Waals surface area contributed by atoms with Crippen molar-refractivity contribution < 1.29 is 27.4 Å². The van der Waals surface area contributed by atoms with Crippen molar-refractivity contribution in [3.63, 3.8) is 0 Å². The van der Waals surface area contributed by atoms with Gasteiger partial charge < -0.3 is 14.4 Å². The fraction of sp³-hybridized carbons (Fsp3) is 0.500. The fourth-order valence-electron chi connectivity index (χ4n) is 1.67. The summed E-state index contributed by atoms with van der Waals surface area (Å²) < 4.78 is 47.6. The average molecular weight is 305 g/mol. The molecule has 0 aliphatic rings. The predicted octanol–water partition coefficient (Wildman–Crippen LogP) is 2.87. The second-order valence-corrected chi connectivity index (χ2v) is 4.19. The van der Waals surface area contributed by atoms with Crippen molar-refractivity contribution in [2.75, 3.05) is 26.3 Å². The Morgan fingerprint density at radius 3 is 2.19 bits per heavy atom. The van der Waals surface area contributed by atoms with Crippen LogP contribution in [0.4, 0.5) is 13.2 Å². The largest absolute Gasteiger partial charge is 0.490 e. The topological polar surface area (TPSA) is 38.8 Å². The molecule has 1 aromatic rings. The molecule has 1 aromatic carbocycles. The lowest BCUT2D eigenvalue weighted by Gasteiger charge is -2.22. The monoisotopic (exact) mass is 305 g/mol. The van der Waals surface area contributed by atoms with Gasteiger partial charge in [0.15, 0.2) is 18.1 Å². The minimum atomic E-state index is -4.42. The molecule has 0 unspecified atom stereocenters. The molecule has 0 aliphatic carbocycles. The van der Waals surface area contributed by atoms with Gasteiger partial charge in [0, 0.05) is 6.54 Å². The van der Waals surface area contributed by atoms with E-state index in [0.29, 0.717) is 23.0 Å². The Bertz CT molecular complexity index is 463. The molecular weight excluding hydrogens is 287 g/mol. The van der Waals surface area contributed by atoms with Crippen LogP contribution in [0, 0.1) is 0 Å². The second kappa shape index (κ2) is 7.75. The van der Waals surface area contributed by atoms with E-state index in [2.05, 4.69) is 0 Å². The molecule has 0 aliphatic heterocycles. The number of hydrogen-bond donors (Lipinski definition) is 0. The highest BCUT2D eigenvalue weighted by atomic mass is 19.4. The first-order valence-corrected chi connectivity index (χ1v) is 6.56. The fourth-order valence-corrected chi connectivity index (χ4v) is 1.67. The van der Waals surface area contributed by atoms with E-state index in [9.17, 15) is 18.0 Å². The summed E-state index contributed by atoms with van der Waals surface area (Å²) in [6, 6.07) is 6.69. The van der Waals surface area contributed by atoms with Crippen LogP contribution in [0.5, 0.6) is 11.5 Å². The Morgan fingerprint density at radius 1 is 1.14 bits per heavy atom. The number of likely N-dealkylation sites (N-methyl/N-ethyl adjacent to an activating group) is 1. The molecule has 0 atom stereocenters. The van der Waals surface area contributed by atoms with Gasteiger partial charge in [0.1, 0.15) is 6.54 Å². The maximum Gasteiger partial charge on any atom is 0.406 e. The van der Waals surface area contributed by atoms with Gasteiger partial charge in [0.25, 0.3) is 5.91 Å². The maximum absolute atomic E-state index is 12.3. The molecule has 0 radical (unpaired) electrons. The van der Waals surface area contributed by atoms with Crippen molar-refractivity contribution in [2.24, 2.45) is 0 Å². The molecule has 7 heteroatoms. The number of halogens is 3. The molecule has 0 fully saturated rings. The first-order chi connectivity index (χ1) is 9.87. The van der Waals surface area contributed by atoms with Gasteiger partial charge in [-0.2, -0.15) is 13.2 Å². The van der Waals surface area contributed by atoms with Crippen LogP contribution in [0.15, 0.2) is 24.3 Å². The quantitative estimate of drug-likeness (QED) is 0.777. The van der Waals surface area contributed by atoms with E-state index in [1.54, 1.807) is 31.2 Å². The van der Waals surface area contributed by atoms with E-state index in [-0.39, 0.29) is 6.54 Å². The first kappa shape index (κ1) is 17.1. The smallest absolute Gasteiger partial charge is 0.406 e. The van der Waals surface area contributed by atoms with Crippen molar-refractivity contribution in [3.8, 4) is 11.5 Å². The minimum absolute atomic E-state index is 0.0329. The summed E-state index contributed by atoms with van der Waals surface area (Å²) in [5.41, 5.74) is 0. The molecule has 0 saturated heterocycles. The lowest BCUT2D eigenvalue weighted by Crippen LogP contribution is -2.41. The third-order valence-electron chi connectivity index (χ3n) is 2.60. The van der Waals surface area contributed by atoms with Crippen LogP contribution in [-0.2, 0) is 4.79 Å². The molecule has 0 saturated carbocycles. The van der Waals surface area contributed by atoms with Crippen LogP contribution in [-0.4, -0.2) is 43.3 Å². The Hall–Kier alpha value is -1.92. The van der Waals surface area contributed by atoms with Gasteiger partial charge in [-0.25, -0.2) is 0 Å². The van der Waals surface area contributed by atoms with E-state index < -0.39 is 25.2 Å². The number of nitrogens with zero attached hydrogens (tertiary/aromatic N) is 1. The molecule has 1 rings (SSSR count). The molecule has 118 valence electrons. The number of rotatable bonds is 7. The van der Waals surface area contributed by atoms with Crippen LogP contribution in [0.2, 0.25) is 0 Å². The average Bonchev–Trinajstić information content (AvgIpc) is 2.43. The Balaban J connectivity index is 2.63. The summed E-state index contributed by atoms with van der Waals surface area (Å²) in [4.78, 5) is 12.5. The third-order valence-corrected chi connectivity index (χ3v) is 2.60. The van der Waals surface area contributed by atoms with Crippen LogP contribution >= 0.6 is 0 Å². The van der Waals surface area contributed by atoms with Gasteiger partial charge >= 0.3 is 6.18 Å². The summed E-state index contributed by atoms with van der Waals surface area (Å²) in [6.07, 6.45) is -4.42. The van der Waals surface area contributed by atoms with Gasteiger partial charge in [0.05, 0.1) is 6.61 Å². The number of carbonyl (C=O) groups excluding carboxylic acids is 1. The Kier molecular flexibility index (Phi) is 6.33. The number of benzene rings is 1. The number of carbonyl (C=O) groups is 1. The molecule has 0 heterocycles. The lowest BCUT2D eigenvalue weighted by molar-refractivity contribution is -0.161. The van der Waals surface area contributed by atoms with Gasteiger partial charge in [0.2, 0.25) is 0 Å². The zero-order chi connectivity index (χ0) is 15.9. The van der Waals surface area contributed by atoms with Crippen LogP contribution in [0.25, 0.3) is 0 Å². The molecule has 0 N–H and O–H groups in total. The number of alkyl halides is 3. The summed E-state index contributed by atoms with van der Waals surface area (Å²) >= 11 is 0. The molecule has 0 aromatic heterocycles. The van der Waals surface area contributed by atoms with Gasteiger partial charge in [-0.1, -0.05) is 12.1 Å².